The van der Waals surface area contributed by atoms with Crippen molar-refractivity contribution in [2.24, 2.45) is 0 Å². The lowest BCUT2D eigenvalue weighted by Gasteiger charge is -2.35. The third kappa shape index (κ3) is 4.38. The van der Waals surface area contributed by atoms with Gasteiger partial charge in [0.25, 0.3) is 15.9 Å². The summed E-state index contributed by atoms with van der Waals surface area (Å²) in [5, 5.41) is 2.96. The number of rotatable bonds is 5. The summed E-state index contributed by atoms with van der Waals surface area (Å²) in [5.41, 5.74) is 3.12. The number of nitrogens with one attached hydrogen (secondary N) is 2. The second kappa shape index (κ2) is 9.04. The highest BCUT2D eigenvalue weighted by Crippen LogP contribution is 2.38. The van der Waals surface area contributed by atoms with Gasteiger partial charge in [0.05, 0.1) is 10.4 Å². The maximum atomic E-state index is 12.9. The number of para-hydroxylation sites is 1. The lowest BCUT2D eigenvalue weighted by atomic mass is 9.92. The summed E-state index contributed by atoms with van der Waals surface area (Å²) in [6, 6.07) is 8.36. The summed E-state index contributed by atoms with van der Waals surface area (Å²) in [7, 11) is -3.60. The van der Waals surface area contributed by atoms with E-state index in [4.69, 9.17) is 25.9 Å². The second-order valence-electron chi connectivity index (χ2n) is 8.36. The number of fused-ring (bicyclic) bond motifs is 1. The van der Waals surface area contributed by atoms with E-state index in [-0.39, 0.29) is 29.2 Å². The molecule has 0 aliphatic carbocycles. The number of nitrogens with zero attached hydrogens (tertiary/aromatic N) is 1. The van der Waals surface area contributed by atoms with E-state index >= 15 is 0 Å². The quantitative estimate of drug-likeness (QED) is 0.618. The van der Waals surface area contributed by atoms with Gasteiger partial charge in [-0.25, -0.2) is 8.42 Å². The fraction of sp³-hybridized carbons (Fsp3) is 0.409. The summed E-state index contributed by atoms with van der Waals surface area (Å²) >= 11 is 6.95. The lowest BCUT2D eigenvalue weighted by Crippen LogP contribution is -2.46. The molecule has 1 fully saturated rings. The van der Waals surface area contributed by atoms with Crippen LogP contribution in [0, 0.1) is 0 Å². The van der Waals surface area contributed by atoms with Gasteiger partial charge in [0.15, 0.2) is 11.5 Å². The Bertz CT molecular complexity index is 1240. The van der Waals surface area contributed by atoms with E-state index < -0.39 is 15.6 Å². The molecule has 4 heterocycles. The fourth-order valence-electron chi connectivity index (χ4n) is 4.29. The van der Waals surface area contributed by atoms with Crippen LogP contribution in [0.1, 0.15) is 31.4 Å². The molecule has 9 nitrogen and oxygen atoms in total. The Morgan fingerprint density at radius 1 is 1.21 bits per heavy atom. The first-order chi connectivity index (χ1) is 16.3. The second-order valence-corrected chi connectivity index (χ2v) is 12.2. The van der Waals surface area contributed by atoms with Crippen LogP contribution in [0.5, 0.6) is 11.5 Å². The molecular weight excluding hydrogens is 502 g/mol. The van der Waals surface area contributed by atoms with Crippen LogP contribution in [0.2, 0.25) is 4.34 Å². The van der Waals surface area contributed by atoms with E-state index in [1.165, 1.54) is 10.4 Å². The number of carbonyl (C=O) groups excluding carboxylic acids is 1. The molecule has 12 heteroatoms. The summed E-state index contributed by atoms with van der Waals surface area (Å²) in [6.45, 7) is 3.37. The lowest BCUT2D eigenvalue weighted by molar-refractivity contribution is -0.120. The molecule has 1 spiro atoms. The molecule has 1 aromatic heterocycles. The van der Waals surface area contributed by atoms with Crippen LogP contribution >= 0.6 is 22.9 Å². The van der Waals surface area contributed by atoms with E-state index in [0.29, 0.717) is 47.6 Å². The summed E-state index contributed by atoms with van der Waals surface area (Å²) in [5.74, 6) is 0.988. The van der Waals surface area contributed by atoms with E-state index in [1.807, 2.05) is 25.1 Å². The Morgan fingerprint density at radius 2 is 1.97 bits per heavy atom. The molecule has 0 radical (unpaired) electrons. The molecule has 3 aliphatic rings. The Balaban J connectivity index is 1.24. The van der Waals surface area contributed by atoms with Gasteiger partial charge in [0.1, 0.15) is 28.7 Å². The van der Waals surface area contributed by atoms with Crippen LogP contribution in [0.4, 0.5) is 0 Å². The zero-order chi connectivity index (χ0) is 23.9. The van der Waals surface area contributed by atoms with Crippen molar-refractivity contribution in [1.29, 1.82) is 0 Å². The van der Waals surface area contributed by atoms with Crippen LogP contribution in [-0.2, 0) is 19.7 Å². The molecule has 1 amide bonds. The van der Waals surface area contributed by atoms with Crippen LogP contribution in [0.25, 0.3) is 0 Å². The number of amides is 1. The molecular formula is C22H24ClN3O6S2. The van der Waals surface area contributed by atoms with Gasteiger partial charge in [0.2, 0.25) is 0 Å². The maximum Gasteiger partial charge on any atom is 0.269 e. The van der Waals surface area contributed by atoms with Crippen molar-refractivity contribution in [3.8, 4) is 11.5 Å². The predicted molar refractivity (Wildman–Crippen MR) is 126 cm³/mol. The first-order valence-electron chi connectivity index (χ1n) is 10.9. The fourth-order valence-corrected chi connectivity index (χ4v) is 7.37. The Kier molecular flexibility index (Phi) is 6.23. The average molecular weight is 526 g/mol. The maximum absolute atomic E-state index is 12.9. The zero-order valence-corrected chi connectivity index (χ0v) is 20.8. The number of hydrogen-bond acceptors (Lipinski definition) is 8. The summed E-state index contributed by atoms with van der Waals surface area (Å²) in [6.07, 6.45) is 2.59. The minimum Gasteiger partial charge on any atom is -0.486 e. The minimum atomic E-state index is -3.60. The normalized spacial score (nSPS) is 20.5. The standard InChI is InChI=1S/C22H24ClN3O6S2/c1-14(15-3-2-4-17-20(15)31-12-11-30-17)24-21(27)16-13-22(32-25-16)7-9-26(10-8-22)34(28,29)19-6-5-18(23)33-19/h2-6,13-14,25H,7-12H2,1H3,(H,24,27). The molecule has 0 bridgehead atoms. The zero-order valence-electron chi connectivity index (χ0n) is 18.4. The van der Waals surface area contributed by atoms with E-state index in [9.17, 15) is 13.2 Å². The molecule has 1 saturated heterocycles. The van der Waals surface area contributed by atoms with Crippen LogP contribution in [0.3, 0.4) is 0 Å². The van der Waals surface area contributed by atoms with E-state index in [1.54, 1.807) is 12.1 Å². The number of ether oxygens (including phenoxy) is 2. The van der Waals surface area contributed by atoms with Crippen molar-refractivity contribution >= 4 is 38.9 Å². The first kappa shape index (κ1) is 23.4. The van der Waals surface area contributed by atoms with Crippen molar-refractivity contribution in [3.05, 3.63) is 52.0 Å². The Labute approximate surface area is 206 Å². The highest BCUT2D eigenvalue weighted by Gasteiger charge is 2.43. The van der Waals surface area contributed by atoms with Gasteiger partial charge in [-0.15, -0.1) is 11.3 Å². The summed E-state index contributed by atoms with van der Waals surface area (Å²) in [4.78, 5) is 18.7. The molecule has 5 rings (SSSR count). The van der Waals surface area contributed by atoms with Crippen LogP contribution in [0.15, 0.2) is 46.3 Å². The first-order valence-corrected chi connectivity index (χ1v) is 13.5. The average Bonchev–Trinajstić information content (AvgIpc) is 3.46. The van der Waals surface area contributed by atoms with Gasteiger partial charge in [0, 0.05) is 18.7 Å². The van der Waals surface area contributed by atoms with Crippen LogP contribution < -0.4 is 20.3 Å². The number of sulfonamides is 1. The SMILES string of the molecule is CC(NC(=O)C1=CC2(CCN(S(=O)(=O)c3ccc(Cl)s3)CC2)ON1)c1cccc2c1OCCO2. The van der Waals surface area contributed by atoms with Gasteiger partial charge in [-0.2, -0.15) is 4.31 Å². The number of halogens is 1. The van der Waals surface area contributed by atoms with Crippen LogP contribution in [-0.4, -0.2) is 50.5 Å². The highest BCUT2D eigenvalue weighted by atomic mass is 35.5. The Morgan fingerprint density at radius 3 is 2.71 bits per heavy atom. The van der Waals surface area contributed by atoms with Gasteiger partial charge in [-0.05, 0) is 44.0 Å². The van der Waals surface area contributed by atoms with Crippen molar-refractivity contribution in [2.75, 3.05) is 26.3 Å². The number of hydrogen-bond donors (Lipinski definition) is 2. The predicted octanol–water partition coefficient (Wildman–Crippen LogP) is 2.99. The topological polar surface area (TPSA) is 106 Å². The van der Waals surface area contributed by atoms with Gasteiger partial charge in [-0.1, -0.05) is 23.7 Å². The number of carbonyl (C=O) groups is 1. The largest absolute Gasteiger partial charge is 0.486 e. The molecule has 34 heavy (non-hydrogen) atoms. The number of piperidine rings is 1. The van der Waals surface area contributed by atoms with Gasteiger partial charge in [-0.3, -0.25) is 15.1 Å². The molecule has 2 aromatic rings. The summed E-state index contributed by atoms with van der Waals surface area (Å²) < 4.78 is 39.2. The smallest absolute Gasteiger partial charge is 0.269 e. The van der Waals surface area contributed by atoms with E-state index in [0.717, 1.165) is 16.9 Å². The molecule has 2 N–H and O–H groups in total. The molecule has 1 atom stereocenters. The van der Waals surface area contributed by atoms with Crippen molar-refractivity contribution in [1.82, 2.24) is 15.1 Å². The third-order valence-electron chi connectivity index (χ3n) is 6.14. The molecule has 0 saturated carbocycles. The Hall–Kier alpha value is -2.31. The molecule has 3 aliphatic heterocycles. The van der Waals surface area contributed by atoms with Crippen molar-refractivity contribution < 1.29 is 27.5 Å². The highest BCUT2D eigenvalue weighted by molar-refractivity contribution is 7.91. The van der Waals surface area contributed by atoms with Crippen molar-refractivity contribution in [3.63, 3.8) is 0 Å². The van der Waals surface area contributed by atoms with Crippen molar-refractivity contribution in [2.45, 2.75) is 35.6 Å². The molecule has 1 aromatic carbocycles. The van der Waals surface area contributed by atoms with Gasteiger partial charge >= 0.3 is 0 Å². The molecule has 182 valence electrons. The number of thiophene rings is 1. The third-order valence-corrected chi connectivity index (χ3v) is 9.74. The minimum absolute atomic E-state index is 0.223. The van der Waals surface area contributed by atoms with E-state index in [2.05, 4.69) is 10.8 Å². The number of hydroxylamine groups is 1. The monoisotopic (exact) mass is 525 g/mol. The molecule has 1 unspecified atom stereocenters. The van der Waals surface area contributed by atoms with Gasteiger partial charge < -0.3 is 14.8 Å². The number of benzene rings is 1.